The molecule has 0 unspecified atom stereocenters. The third-order valence-corrected chi connectivity index (χ3v) is 3.29. The second-order valence-electron chi connectivity index (χ2n) is 4.88. The maximum Gasteiger partial charge on any atom is 0.401 e. The van der Waals surface area contributed by atoms with Crippen LogP contribution in [-0.2, 0) is 6.54 Å². The molecule has 0 radical (unpaired) electrons. The zero-order valence-corrected chi connectivity index (χ0v) is 12.8. The number of rotatable bonds is 7. The Kier molecular flexibility index (Phi) is 5.97. The molecule has 0 amide bonds. The van der Waals surface area contributed by atoms with Crippen LogP contribution in [0.5, 0.6) is 0 Å². The Balaban J connectivity index is 2.10. The summed E-state index contributed by atoms with van der Waals surface area (Å²) in [5.41, 5.74) is 0.519. The van der Waals surface area contributed by atoms with Crippen LogP contribution in [-0.4, -0.2) is 46.1 Å². The fourth-order valence-corrected chi connectivity index (χ4v) is 2.23. The summed E-state index contributed by atoms with van der Waals surface area (Å²) in [7, 11) is 0. The molecule has 0 bridgehead atoms. The minimum absolute atomic E-state index is 0.0575. The molecule has 126 valence electrons. The second-order valence-corrected chi connectivity index (χ2v) is 5.29. The monoisotopic (exact) mass is 349 g/mol. The Bertz CT molecular complexity index is 634. The molecule has 1 aromatic carbocycles. The highest BCUT2D eigenvalue weighted by atomic mass is 35.5. The molecule has 1 N–H and O–H groups in total. The van der Waals surface area contributed by atoms with Crippen molar-refractivity contribution in [2.45, 2.75) is 19.1 Å². The topological polar surface area (TPSA) is 62.4 Å². The van der Waals surface area contributed by atoms with Crippen LogP contribution in [0.2, 0.25) is 5.02 Å². The van der Waals surface area contributed by atoms with Crippen LogP contribution in [0.15, 0.2) is 28.7 Å². The van der Waals surface area contributed by atoms with E-state index in [1.807, 2.05) is 0 Å². The van der Waals surface area contributed by atoms with Crippen molar-refractivity contribution < 1.29 is 22.7 Å². The van der Waals surface area contributed by atoms with Gasteiger partial charge in [-0.05, 0) is 18.6 Å². The van der Waals surface area contributed by atoms with E-state index in [0.29, 0.717) is 10.6 Å². The molecule has 0 saturated carbocycles. The predicted octanol–water partition coefficient (Wildman–Crippen LogP) is 3.14. The van der Waals surface area contributed by atoms with E-state index in [1.54, 1.807) is 24.3 Å². The number of hydrogen-bond acceptors (Lipinski definition) is 5. The van der Waals surface area contributed by atoms with Gasteiger partial charge in [0.15, 0.2) is 0 Å². The summed E-state index contributed by atoms with van der Waals surface area (Å²) in [6.07, 6.45) is -4.12. The highest BCUT2D eigenvalue weighted by Crippen LogP contribution is 2.26. The van der Waals surface area contributed by atoms with Crippen molar-refractivity contribution in [2.24, 2.45) is 0 Å². The Morgan fingerprint density at radius 3 is 2.61 bits per heavy atom. The summed E-state index contributed by atoms with van der Waals surface area (Å²) in [4.78, 5) is 1.10. The lowest BCUT2D eigenvalue weighted by atomic mass is 10.2. The van der Waals surface area contributed by atoms with Crippen molar-refractivity contribution in [3.63, 3.8) is 0 Å². The first-order valence-corrected chi connectivity index (χ1v) is 7.24. The Labute approximate surface area is 135 Å². The summed E-state index contributed by atoms with van der Waals surface area (Å²) < 4.78 is 43.1. The quantitative estimate of drug-likeness (QED) is 0.832. The molecule has 0 fully saturated rings. The largest absolute Gasteiger partial charge is 0.419 e. The van der Waals surface area contributed by atoms with Gasteiger partial charge >= 0.3 is 6.18 Å². The van der Waals surface area contributed by atoms with Gasteiger partial charge in [-0.1, -0.05) is 23.7 Å². The Hall–Kier alpha value is -1.64. The second kappa shape index (κ2) is 7.76. The zero-order chi connectivity index (χ0) is 16.9. The first kappa shape index (κ1) is 17.7. The summed E-state index contributed by atoms with van der Waals surface area (Å²) in [6, 6.07) is 6.81. The van der Waals surface area contributed by atoms with Gasteiger partial charge in [-0.2, -0.15) is 13.2 Å². The number of benzene rings is 1. The highest BCUT2D eigenvalue weighted by molar-refractivity contribution is 6.33. The van der Waals surface area contributed by atoms with Gasteiger partial charge in [-0.15, -0.1) is 10.2 Å². The van der Waals surface area contributed by atoms with Gasteiger partial charge < -0.3 is 9.52 Å². The van der Waals surface area contributed by atoms with E-state index >= 15 is 0 Å². The molecule has 2 rings (SSSR count). The van der Waals surface area contributed by atoms with Gasteiger partial charge in [0.25, 0.3) is 0 Å². The van der Waals surface area contributed by atoms with Gasteiger partial charge in [0.2, 0.25) is 11.8 Å². The molecule has 2 aromatic rings. The SMILES string of the molecule is OCCCN(Cc1nnc(-c2ccccc2Cl)o1)CC(F)(F)F. The first-order valence-electron chi connectivity index (χ1n) is 6.86. The molecular formula is C14H15ClF3N3O2. The number of alkyl halides is 3. The molecule has 0 spiro atoms. The standard InChI is InChI=1S/C14H15ClF3N3O2/c15-11-5-2-1-4-10(11)13-20-19-12(23-13)8-21(6-3-7-22)9-14(16,17)18/h1-2,4-5,22H,3,6-9H2. The third kappa shape index (κ3) is 5.49. The van der Waals surface area contributed by atoms with Gasteiger partial charge in [0.1, 0.15) is 0 Å². The average Bonchev–Trinajstić information content (AvgIpc) is 2.92. The molecule has 5 nitrogen and oxygen atoms in total. The summed E-state index contributed by atoms with van der Waals surface area (Å²) in [5, 5.41) is 16.8. The van der Waals surface area contributed by atoms with Crippen molar-refractivity contribution in [1.82, 2.24) is 15.1 Å². The van der Waals surface area contributed by atoms with Crippen LogP contribution in [0.3, 0.4) is 0 Å². The number of aliphatic hydroxyl groups is 1. The fourth-order valence-electron chi connectivity index (χ4n) is 2.01. The zero-order valence-electron chi connectivity index (χ0n) is 12.1. The number of aliphatic hydroxyl groups excluding tert-OH is 1. The predicted molar refractivity (Wildman–Crippen MR) is 77.8 cm³/mol. The van der Waals surface area contributed by atoms with Crippen LogP contribution in [0.4, 0.5) is 13.2 Å². The molecule has 1 heterocycles. The van der Waals surface area contributed by atoms with Crippen molar-refractivity contribution in [3.05, 3.63) is 35.2 Å². The maximum absolute atomic E-state index is 12.6. The number of aromatic nitrogens is 2. The third-order valence-electron chi connectivity index (χ3n) is 2.97. The van der Waals surface area contributed by atoms with Gasteiger partial charge in [0, 0.05) is 13.2 Å². The van der Waals surface area contributed by atoms with Crippen LogP contribution >= 0.6 is 11.6 Å². The van der Waals surface area contributed by atoms with E-state index in [2.05, 4.69) is 10.2 Å². The maximum atomic E-state index is 12.6. The summed E-state index contributed by atoms with van der Waals surface area (Å²) in [5.74, 6) is 0.210. The molecule has 0 aliphatic heterocycles. The van der Waals surface area contributed by atoms with Crippen molar-refractivity contribution in [3.8, 4) is 11.5 Å². The van der Waals surface area contributed by atoms with E-state index in [1.165, 1.54) is 0 Å². The minimum atomic E-state index is -4.35. The lowest BCUT2D eigenvalue weighted by molar-refractivity contribution is -0.148. The van der Waals surface area contributed by atoms with Crippen molar-refractivity contribution in [1.29, 1.82) is 0 Å². The summed E-state index contributed by atoms with van der Waals surface area (Å²) >= 11 is 6.01. The van der Waals surface area contributed by atoms with Crippen molar-refractivity contribution in [2.75, 3.05) is 19.7 Å². The minimum Gasteiger partial charge on any atom is -0.419 e. The van der Waals surface area contributed by atoms with Gasteiger partial charge in [0.05, 0.1) is 23.7 Å². The molecule has 0 saturated heterocycles. The van der Waals surface area contributed by atoms with Crippen LogP contribution in [0.25, 0.3) is 11.5 Å². The Morgan fingerprint density at radius 2 is 1.96 bits per heavy atom. The lowest BCUT2D eigenvalue weighted by Gasteiger charge is -2.21. The van der Waals surface area contributed by atoms with Gasteiger partial charge in [-0.25, -0.2) is 0 Å². The van der Waals surface area contributed by atoms with E-state index in [4.69, 9.17) is 21.1 Å². The molecule has 23 heavy (non-hydrogen) atoms. The molecular weight excluding hydrogens is 335 g/mol. The van der Waals surface area contributed by atoms with Crippen LogP contribution < -0.4 is 0 Å². The van der Waals surface area contributed by atoms with E-state index in [9.17, 15) is 13.2 Å². The number of hydrogen-bond donors (Lipinski definition) is 1. The van der Waals surface area contributed by atoms with Crippen LogP contribution in [0, 0.1) is 0 Å². The smallest absolute Gasteiger partial charge is 0.401 e. The molecule has 0 aliphatic carbocycles. The van der Waals surface area contributed by atoms with Crippen molar-refractivity contribution >= 4 is 11.6 Å². The van der Waals surface area contributed by atoms with E-state index in [0.717, 1.165) is 4.90 Å². The highest BCUT2D eigenvalue weighted by Gasteiger charge is 2.31. The fraction of sp³-hybridized carbons (Fsp3) is 0.429. The van der Waals surface area contributed by atoms with E-state index in [-0.39, 0.29) is 37.9 Å². The molecule has 1 aromatic heterocycles. The van der Waals surface area contributed by atoms with Gasteiger partial charge in [-0.3, -0.25) is 4.90 Å². The molecule has 0 aliphatic rings. The normalized spacial score (nSPS) is 12.1. The first-order chi connectivity index (χ1) is 10.9. The molecule has 0 atom stereocenters. The average molecular weight is 350 g/mol. The number of halogens is 4. The molecule has 9 heteroatoms. The summed E-state index contributed by atoms with van der Waals surface area (Å²) in [6.45, 7) is -1.39. The number of nitrogens with zero attached hydrogens (tertiary/aromatic N) is 3. The van der Waals surface area contributed by atoms with Crippen LogP contribution in [0.1, 0.15) is 12.3 Å². The Morgan fingerprint density at radius 1 is 1.22 bits per heavy atom. The van der Waals surface area contributed by atoms with E-state index < -0.39 is 12.7 Å². The lowest BCUT2D eigenvalue weighted by Crippen LogP contribution is -2.35.